The molecule has 0 amide bonds. The molecule has 0 bridgehead atoms. The fourth-order valence-electron chi connectivity index (χ4n) is 4.37. The number of benzene rings is 2. The van der Waals surface area contributed by atoms with Gasteiger partial charge in [0.2, 0.25) is 0 Å². The molecule has 1 unspecified atom stereocenters. The Morgan fingerprint density at radius 1 is 1.10 bits per heavy atom. The lowest BCUT2D eigenvalue weighted by Crippen LogP contribution is -2.29. The summed E-state index contributed by atoms with van der Waals surface area (Å²) in [7, 11) is 0. The lowest BCUT2D eigenvalue weighted by molar-refractivity contribution is -0.0237. The van der Waals surface area contributed by atoms with E-state index in [0.29, 0.717) is 13.2 Å². The van der Waals surface area contributed by atoms with Gasteiger partial charge in [0.05, 0.1) is 25.5 Å². The van der Waals surface area contributed by atoms with Crippen LogP contribution in [0.5, 0.6) is 11.5 Å². The van der Waals surface area contributed by atoms with Gasteiger partial charge in [-0.25, -0.2) is 0 Å². The van der Waals surface area contributed by atoms with Crippen molar-refractivity contribution in [1.29, 1.82) is 0 Å². The maximum Gasteiger partial charge on any atom is 0.168 e. The molecule has 0 radical (unpaired) electrons. The summed E-state index contributed by atoms with van der Waals surface area (Å²) in [5.74, 6) is 1.59. The number of hydrogen-bond donors (Lipinski definition) is 0. The summed E-state index contributed by atoms with van der Waals surface area (Å²) in [6.45, 7) is 4.13. The van der Waals surface area contributed by atoms with Crippen molar-refractivity contribution in [2.24, 2.45) is 5.16 Å². The Balaban J connectivity index is 1.37. The van der Waals surface area contributed by atoms with Gasteiger partial charge in [0.1, 0.15) is 6.10 Å². The molecule has 2 aliphatic heterocycles. The SMILES string of the molecule is CCCOc1ccc(C2=NOC3(CCOC3)C2)cc1OC1Cc2ccccc2C1. The summed E-state index contributed by atoms with van der Waals surface area (Å²) in [4.78, 5) is 5.77. The minimum Gasteiger partial charge on any atom is -0.490 e. The van der Waals surface area contributed by atoms with Crippen LogP contribution in [0.4, 0.5) is 0 Å². The highest BCUT2D eigenvalue weighted by molar-refractivity contribution is 6.02. The van der Waals surface area contributed by atoms with E-state index in [4.69, 9.17) is 19.0 Å². The van der Waals surface area contributed by atoms with Crippen molar-refractivity contribution in [2.75, 3.05) is 19.8 Å². The molecule has 5 rings (SSSR count). The van der Waals surface area contributed by atoms with Crippen LogP contribution < -0.4 is 9.47 Å². The third-order valence-electron chi connectivity index (χ3n) is 5.95. The normalized spacial score (nSPS) is 23.1. The molecule has 0 N–H and O–H groups in total. The zero-order chi connectivity index (χ0) is 19.7. The average molecular weight is 393 g/mol. The van der Waals surface area contributed by atoms with Crippen LogP contribution in [-0.2, 0) is 22.4 Å². The average Bonchev–Trinajstić information content (AvgIpc) is 3.47. The fraction of sp³-hybridized carbons (Fsp3) is 0.458. The lowest BCUT2D eigenvalue weighted by atomic mass is 9.93. The zero-order valence-corrected chi connectivity index (χ0v) is 16.9. The smallest absolute Gasteiger partial charge is 0.168 e. The van der Waals surface area contributed by atoms with Crippen molar-refractivity contribution in [3.05, 3.63) is 59.2 Å². The van der Waals surface area contributed by atoms with Crippen molar-refractivity contribution in [2.45, 2.75) is 50.7 Å². The molecular weight excluding hydrogens is 366 g/mol. The van der Waals surface area contributed by atoms with Crippen LogP contribution in [0.3, 0.4) is 0 Å². The Morgan fingerprint density at radius 3 is 2.66 bits per heavy atom. The first-order valence-corrected chi connectivity index (χ1v) is 10.6. The zero-order valence-electron chi connectivity index (χ0n) is 16.9. The molecule has 3 aliphatic rings. The van der Waals surface area contributed by atoms with Crippen LogP contribution in [0.15, 0.2) is 47.6 Å². The maximum atomic E-state index is 6.46. The van der Waals surface area contributed by atoms with Gasteiger partial charge in [0.25, 0.3) is 0 Å². The molecule has 1 spiro atoms. The summed E-state index contributed by atoms with van der Waals surface area (Å²) < 4.78 is 18.0. The van der Waals surface area contributed by atoms with Crippen LogP contribution in [0.1, 0.15) is 42.9 Å². The summed E-state index contributed by atoms with van der Waals surface area (Å²) >= 11 is 0. The molecule has 0 aromatic heterocycles. The van der Waals surface area contributed by atoms with Gasteiger partial charge < -0.3 is 19.0 Å². The molecule has 2 heterocycles. The van der Waals surface area contributed by atoms with Gasteiger partial charge in [-0.3, -0.25) is 0 Å². The topological polar surface area (TPSA) is 49.3 Å². The van der Waals surface area contributed by atoms with E-state index in [-0.39, 0.29) is 11.7 Å². The molecular formula is C24H27NO4. The molecule has 1 fully saturated rings. The molecule has 29 heavy (non-hydrogen) atoms. The van der Waals surface area contributed by atoms with Crippen LogP contribution in [0.2, 0.25) is 0 Å². The summed E-state index contributed by atoms with van der Waals surface area (Å²) in [5, 5.41) is 4.38. The van der Waals surface area contributed by atoms with E-state index in [9.17, 15) is 0 Å². The Morgan fingerprint density at radius 2 is 1.93 bits per heavy atom. The van der Waals surface area contributed by atoms with Crippen LogP contribution in [0, 0.1) is 0 Å². The molecule has 5 heteroatoms. The highest BCUT2D eigenvalue weighted by Gasteiger charge is 2.43. The van der Waals surface area contributed by atoms with Crippen LogP contribution in [-0.4, -0.2) is 37.2 Å². The van der Waals surface area contributed by atoms with Gasteiger partial charge in [-0.05, 0) is 35.7 Å². The molecule has 1 aliphatic carbocycles. The second-order valence-electron chi connectivity index (χ2n) is 8.22. The van der Waals surface area contributed by atoms with E-state index in [2.05, 4.69) is 48.5 Å². The van der Waals surface area contributed by atoms with Gasteiger partial charge >= 0.3 is 0 Å². The van der Waals surface area contributed by atoms with Crippen molar-refractivity contribution in [1.82, 2.24) is 0 Å². The van der Waals surface area contributed by atoms with Gasteiger partial charge in [0.15, 0.2) is 17.1 Å². The number of hydrogen-bond acceptors (Lipinski definition) is 5. The predicted octanol–water partition coefficient (Wildman–Crippen LogP) is 4.31. The lowest BCUT2D eigenvalue weighted by Gasteiger charge is -2.19. The summed E-state index contributed by atoms with van der Waals surface area (Å²) in [6, 6.07) is 14.7. The highest BCUT2D eigenvalue weighted by atomic mass is 16.7. The maximum absolute atomic E-state index is 6.46. The van der Waals surface area contributed by atoms with Crippen molar-refractivity contribution < 1.29 is 19.0 Å². The predicted molar refractivity (Wildman–Crippen MR) is 111 cm³/mol. The Labute approximate surface area is 171 Å². The number of rotatable bonds is 6. The van der Waals surface area contributed by atoms with E-state index in [1.807, 2.05) is 6.07 Å². The minimum atomic E-state index is -0.277. The monoisotopic (exact) mass is 393 g/mol. The van der Waals surface area contributed by atoms with E-state index in [1.165, 1.54) is 11.1 Å². The van der Waals surface area contributed by atoms with Crippen molar-refractivity contribution in [3.63, 3.8) is 0 Å². The third kappa shape index (κ3) is 3.71. The van der Waals surface area contributed by atoms with E-state index >= 15 is 0 Å². The van der Waals surface area contributed by atoms with E-state index < -0.39 is 0 Å². The Hall–Kier alpha value is -2.53. The fourth-order valence-corrected chi connectivity index (χ4v) is 4.37. The Bertz CT molecular complexity index is 892. The van der Waals surface area contributed by atoms with Crippen LogP contribution >= 0.6 is 0 Å². The first-order valence-electron chi connectivity index (χ1n) is 10.6. The van der Waals surface area contributed by atoms with Gasteiger partial charge in [-0.2, -0.15) is 0 Å². The quantitative estimate of drug-likeness (QED) is 0.734. The summed E-state index contributed by atoms with van der Waals surface area (Å²) in [5.41, 5.74) is 4.46. The molecule has 5 nitrogen and oxygen atoms in total. The number of fused-ring (bicyclic) bond motifs is 1. The second kappa shape index (κ2) is 7.71. The molecule has 1 saturated heterocycles. The largest absolute Gasteiger partial charge is 0.490 e. The third-order valence-corrected chi connectivity index (χ3v) is 5.95. The van der Waals surface area contributed by atoms with Crippen molar-refractivity contribution >= 4 is 5.71 Å². The van der Waals surface area contributed by atoms with Gasteiger partial charge in [-0.15, -0.1) is 0 Å². The van der Waals surface area contributed by atoms with Crippen LogP contribution in [0.25, 0.3) is 0 Å². The number of oxime groups is 1. The van der Waals surface area contributed by atoms with E-state index in [0.717, 1.165) is 61.5 Å². The number of nitrogens with zero attached hydrogens (tertiary/aromatic N) is 1. The number of ether oxygens (including phenoxy) is 3. The highest BCUT2D eigenvalue weighted by Crippen LogP contribution is 2.37. The van der Waals surface area contributed by atoms with Crippen molar-refractivity contribution in [3.8, 4) is 11.5 Å². The first kappa shape index (κ1) is 18.5. The molecule has 152 valence electrons. The molecule has 1 atom stereocenters. The second-order valence-corrected chi connectivity index (χ2v) is 8.22. The molecule has 0 saturated carbocycles. The summed E-state index contributed by atoms with van der Waals surface area (Å²) in [6.07, 6.45) is 4.61. The standard InChI is InChI=1S/C24H27NO4/c1-2-10-27-22-8-7-19(21-15-24(29-25-21)9-11-26-16-24)14-23(22)28-20-12-17-5-3-4-6-18(17)13-20/h3-8,14,20H,2,9-13,15-16H2,1H3. The Kier molecular flexibility index (Phi) is 4.92. The molecule has 2 aromatic rings. The van der Waals surface area contributed by atoms with E-state index in [1.54, 1.807) is 0 Å². The first-order chi connectivity index (χ1) is 14.2. The van der Waals surface area contributed by atoms with Gasteiger partial charge in [-0.1, -0.05) is 36.3 Å². The van der Waals surface area contributed by atoms with Gasteiger partial charge in [0, 0.05) is 31.2 Å². The minimum absolute atomic E-state index is 0.128. The molecule has 2 aromatic carbocycles.